The zero-order valence-corrected chi connectivity index (χ0v) is 7.81. The third kappa shape index (κ3) is 2.57. The lowest BCUT2D eigenvalue weighted by atomic mass is 10.0. The Bertz CT molecular complexity index is 459. The number of halogens is 4. The van der Waals surface area contributed by atoms with Crippen LogP contribution in [0.1, 0.15) is 22.3 Å². The molecule has 0 aromatic heterocycles. The first-order valence-electron chi connectivity index (χ1n) is 4.13. The van der Waals surface area contributed by atoms with Gasteiger partial charge in [-0.15, -0.1) is 0 Å². The van der Waals surface area contributed by atoms with Gasteiger partial charge in [-0.25, -0.2) is 4.39 Å². The van der Waals surface area contributed by atoms with Crippen molar-refractivity contribution < 1.29 is 22.4 Å². The van der Waals surface area contributed by atoms with E-state index in [2.05, 4.69) is 0 Å². The molecule has 2 nitrogen and oxygen atoms in total. The number of carbonyl (C=O) groups is 1. The van der Waals surface area contributed by atoms with Crippen LogP contribution in [0.3, 0.4) is 0 Å². The Kier molecular flexibility index (Phi) is 3.28. The maximum Gasteiger partial charge on any atom is 0.416 e. The van der Waals surface area contributed by atoms with Crippen LogP contribution in [0, 0.1) is 17.1 Å². The molecule has 1 aromatic carbocycles. The largest absolute Gasteiger partial charge is 0.416 e. The van der Waals surface area contributed by atoms with Gasteiger partial charge in [0.25, 0.3) is 0 Å². The van der Waals surface area contributed by atoms with Crippen LogP contribution in [0.4, 0.5) is 17.6 Å². The van der Waals surface area contributed by atoms with Crippen LogP contribution in [0.5, 0.6) is 0 Å². The highest BCUT2D eigenvalue weighted by molar-refractivity contribution is 5.97. The lowest BCUT2D eigenvalue weighted by Gasteiger charge is -2.08. The molecule has 0 aliphatic heterocycles. The van der Waals surface area contributed by atoms with E-state index in [0.29, 0.717) is 18.2 Å². The van der Waals surface area contributed by atoms with Crippen molar-refractivity contribution in [2.45, 2.75) is 12.6 Å². The van der Waals surface area contributed by atoms with Crippen LogP contribution in [0.15, 0.2) is 18.2 Å². The predicted octanol–water partition coefficient (Wildman–Crippen LogP) is 2.94. The first-order valence-corrected chi connectivity index (χ1v) is 4.13. The van der Waals surface area contributed by atoms with Gasteiger partial charge in [-0.1, -0.05) is 0 Å². The fourth-order valence-electron chi connectivity index (χ4n) is 1.08. The smallest absolute Gasteiger partial charge is 0.293 e. The molecule has 6 heteroatoms. The van der Waals surface area contributed by atoms with Crippen LogP contribution in [0.25, 0.3) is 0 Å². The molecule has 16 heavy (non-hydrogen) atoms. The van der Waals surface area contributed by atoms with Crippen molar-refractivity contribution in [2.75, 3.05) is 0 Å². The molecule has 0 bridgehead atoms. The van der Waals surface area contributed by atoms with E-state index in [4.69, 9.17) is 5.26 Å². The standard InChI is InChI=1S/C10H5F4NO/c11-8-2-1-6(10(12,13)14)5-7(8)9(16)3-4-15/h1-2,5H,3H2. The molecule has 0 unspecified atom stereocenters. The van der Waals surface area contributed by atoms with Crippen LogP contribution in [-0.4, -0.2) is 5.78 Å². The molecular weight excluding hydrogens is 226 g/mol. The summed E-state index contributed by atoms with van der Waals surface area (Å²) in [6.07, 6.45) is -5.30. The van der Waals surface area contributed by atoms with E-state index in [9.17, 15) is 22.4 Å². The average Bonchev–Trinajstić information content (AvgIpc) is 2.16. The Hall–Kier alpha value is -1.90. The molecular formula is C10H5F4NO. The number of carbonyl (C=O) groups excluding carboxylic acids is 1. The molecule has 0 aliphatic carbocycles. The van der Waals surface area contributed by atoms with Gasteiger partial charge in [0.1, 0.15) is 5.82 Å². The van der Waals surface area contributed by atoms with E-state index in [-0.39, 0.29) is 0 Å². The normalized spacial score (nSPS) is 10.9. The Morgan fingerprint density at radius 2 is 2.00 bits per heavy atom. The Labute approximate surface area is 88.1 Å². The molecule has 0 fully saturated rings. The van der Waals surface area contributed by atoms with Crippen LogP contribution >= 0.6 is 0 Å². The summed E-state index contributed by atoms with van der Waals surface area (Å²) in [4.78, 5) is 11.1. The van der Waals surface area contributed by atoms with Gasteiger partial charge in [0.15, 0.2) is 5.78 Å². The van der Waals surface area contributed by atoms with E-state index < -0.39 is 35.3 Å². The highest BCUT2D eigenvalue weighted by Crippen LogP contribution is 2.30. The minimum Gasteiger partial charge on any atom is -0.293 e. The SMILES string of the molecule is N#CCC(=O)c1cc(C(F)(F)F)ccc1F. The minimum absolute atomic E-state index is 0.412. The third-order valence-corrected chi connectivity index (χ3v) is 1.83. The predicted molar refractivity (Wildman–Crippen MR) is 46.0 cm³/mol. The van der Waals surface area contributed by atoms with E-state index in [1.807, 2.05) is 0 Å². The molecule has 0 spiro atoms. The maximum atomic E-state index is 13.0. The molecule has 0 aliphatic rings. The minimum atomic E-state index is -4.64. The molecule has 0 saturated carbocycles. The highest BCUT2D eigenvalue weighted by atomic mass is 19.4. The third-order valence-electron chi connectivity index (χ3n) is 1.83. The van der Waals surface area contributed by atoms with Gasteiger partial charge in [0, 0.05) is 0 Å². The summed E-state index contributed by atoms with van der Waals surface area (Å²) in [7, 11) is 0. The summed E-state index contributed by atoms with van der Waals surface area (Å²) >= 11 is 0. The molecule has 0 atom stereocenters. The van der Waals surface area contributed by atoms with E-state index in [0.717, 1.165) is 0 Å². The van der Waals surface area contributed by atoms with Crippen LogP contribution in [-0.2, 0) is 6.18 Å². The van der Waals surface area contributed by atoms with Gasteiger partial charge < -0.3 is 0 Å². The second-order valence-electron chi connectivity index (χ2n) is 2.95. The Morgan fingerprint density at radius 3 is 2.50 bits per heavy atom. The number of alkyl halides is 3. The summed E-state index contributed by atoms with van der Waals surface area (Å²) in [5.41, 5.74) is -1.83. The molecule has 1 rings (SSSR count). The Morgan fingerprint density at radius 1 is 1.38 bits per heavy atom. The zero-order valence-electron chi connectivity index (χ0n) is 7.81. The molecule has 0 N–H and O–H groups in total. The second-order valence-corrected chi connectivity index (χ2v) is 2.95. The summed E-state index contributed by atoms with van der Waals surface area (Å²) in [6.45, 7) is 0. The molecule has 0 amide bonds. The monoisotopic (exact) mass is 231 g/mol. The topological polar surface area (TPSA) is 40.9 Å². The number of rotatable bonds is 2. The van der Waals surface area contributed by atoms with Crippen LogP contribution < -0.4 is 0 Å². The van der Waals surface area contributed by atoms with E-state index in [1.165, 1.54) is 6.07 Å². The van der Waals surface area contributed by atoms with Crippen molar-refractivity contribution in [2.24, 2.45) is 0 Å². The van der Waals surface area contributed by atoms with Crippen molar-refractivity contribution in [1.29, 1.82) is 5.26 Å². The second kappa shape index (κ2) is 4.31. The average molecular weight is 231 g/mol. The van der Waals surface area contributed by atoms with Gasteiger partial charge >= 0.3 is 6.18 Å². The summed E-state index contributed by atoms with van der Waals surface area (Å²) < 4.78 is 49.8. The molecule has 84 valence electrons. The number of Topliss-reactive ketones (excluding diaryl/α,β-unsaturated/α-hetero) is 1. The quantitative estimate of drug-likeness (QED) is 0.580. The summed E-state index contributed by atoms with van der Waals surface area (Å²) in [5, 5.41) is 8.20. The number of hydrogen-bond donors (Lipinski definition) is 0. The van der Waals surface area contributed by atoms with Crippen molar-refractivity contribution in [3.63, 3.8) is 0 Å². The molecule has 1 aromatic rings. The van der Waals surface area contributed by atoms with Gasteiger partial charge in [0.05, 0.1) is 23.6 Å². The van der Waals surface area contributed by atoms with Crippen molar-refractivity contribution in [3.8, 4) is 6.07 Å². The van der Waals surface area contributed by atoms with Gasteiger partial charge in [-0.2, -0.15) is 18.4 Å². The lowest BCUT2D eigenvalue weighted by Crippen LogP contribution is -2.09. The van der Waals surface area contributed by atoms with Crippen LogP contribution in [0.2, 0.25) is 0 Å². The number of benzene rings is 1. The zero-order chi connectivity index (χ0) is 12.3. The van der Waals surface area contributed by atoms with Crippen molar-refractivity contribution in [3.05, 3.63) is 35.1 Å². The van der Waals surface area contributed by atoms with E-state index in [1.54, 1.807) is 0 Å². The van der Waals surface area contributed by atoms with Gasteiger partial charge in [0.2, 0.25) is 0 Å². The van der Waals surface area contributed by atoms with Crippen molar-refractivity contribution >= 4 is 5.78 Å². The fraction of sp³-hybridized carbons (Fsp3) is 0.200. The molecule has 0 heterocycles. The summed E-state index contributed by atoms with van der Waals surface area (Å²) in [6, 6.07) is 2.97. The molecule has 0 saturated heterocycles. The summed E-state index contributed by atoms with van der Waals surface area (Å²) in [5.74, 6) is -2.03. The van der Waals surface area contributed by atoms with E-state index >= 15 is 0 Å². The molecule has 0 radical (unpaired) electrons. The first-order chi connectivity index (χ1) is 7.36. The van der Waals surface area contributed by atoms with Crippen molar-refractivity contribution in [1.82, 2.24) is 0 Å². The number of ketones is 1. The fourth-order valence-corrected chi connectivity index (χ4v) is 1.08. The number of nitriles is 1. The Balaban J connectivity index is 3.20. The highest BCUT2D eigenvalue weighted by Gasteiger charge is 2.31. The lowest BCUT2D eigenvalue weighted by molar-refractivity contribution is -0.137. The van der Waals surface area contributed by atoms with Gasteiger partial charge in [-0.3, -0.25) is 4.79 Å². The first kappa shape index (κ1) is 12.2. The number of nitrogens with zero attached hydrogens (tertiary/aromatic N) is 1. The maximum absolute atomic E-state index is 13.0. The van der Waals surface area contributed by atoms with Gasteiger partial charge in [-0.05, 0) is 18.2 Å². The number of hydrogen-bond acceptors (Lipinski definition) is 2.